The van der Waals surface area contributed by atoms with Crippen molar-refractivity contribution < 1.29 is 0 Å². The van der Waals surface area contributed by atoms with Crippen LogP contribution in [0.25, 0.3) is 0 Å². The molecule has 1 rings (SSSR count). The molecule has 1 atom stereocenters. The molecule has 0 aromatic carbocycles. The van der Waals surface area contributed by atoms with Gasteiger partial charge in [0, 0.05) is 5.54 Å². The zero-order valence-corrected chi connectivity index (χ0v) is 10.6. The van der Waals surface area contributed by atoms with E-state index in [4.69, 9.17) is 18.1 Å². The molecule has 86 valence electrons. The van der Waals surface area contributed by atoms with Crippen LogP contribution in [0.4, 0.5) is 0 Å². The second kappa shape index (κ2) is 4.94. The topological polar surface area (TPSA) is 50.1 Å². The summed E-state index contributed by atoms with van der Waals surface area (Å²) in [4.78, 5) is 0. The maximum Gasteiger partial charge on any atom is 0.181 e. The molecule has 4 heteroatoms. The Hall–Kier alpha value is -0.610. The number of hydrazine groups is 1. The largest absolute Gasteiger partial charge is 0.357 e. The van der Waals surface area contributed by atoms with Gasteiger partial charge in [0.2, 0.25) is 0 Å². The lowest BCUT2D eigenvalue weighted by Crippen LogP contribution is -2.54. The van der Waals surface area contributed by atoms with Gasteiger partial charge >= 0.3 is 0 Å². The third-order valence-corrected chi connectivity index (χ3v) is 3.45. The van der Waals surface area contributed by atoms with E-state index in [0.717, 1.165) is 6.42 Å². The number of hydrogen-bond acceptors (Lipinski definition) is 2. The van der Waals surface area contributed by atoms with Gasteiger partial charge in [-0.3, -0.25) is 0 Å². The van der Waals surface area contributed by atoms with E-state index < -0.39 is 0 Å². The van der Waals surface area contributed by atoms with Crippen LogP contribution in [0.15, 0.2) is 11.6 Å². The van der Waals surface area contributed by atoms with E-state index in [2.05, 4.69) is 37.6 Å². The fourth-order valence-corrected chi connectivity index (χ4v) is 2.31. The molecule has 0 radical (unpaired) electrons. The van der Waals surface area contributed by atoms with Crippen LogP contribution in [-0.4, -0.2) is 10.7 Å². The molecule has 1 aliphatic rings. The van der Waals surface area contributed by atoms with Gasteiger partial charge < -0.3 is 10.7 Å². The molecule has 0 saturated carbocycles. The molecule has 3 nitrogen and oxygen atoms in total. The van der Waals surface area contributed by atoms with Crippen molar-refractivity contribution in [3.05, 3.63) is 11.6 Å². The fourth-order valence-electron chi connectivity index (χ4n) is 2.05. The number of rotatable bonds is 2. The molecule has 0 saturated heterocycles. The first-order valence-electron chi connectivity index (χ1n) is 5.40. The SMILES string of the molecule is CC1=CC[C@@H](C(C)(C)NC(=S)NN)CC1. The lowest BCUT2D eigenvalue weighted by Gasteiger charge is -2.37. The van der Waals surface area contributed by atoms with Gasteiger partial charge in [0.1, 0.15) is 0 Å². The second-order valence-electron chi connectivity index (χ2n) is 4.84. The highest BCUT2D eigenvalue weighted by molar-refractivity contribution is 7.80. The molecule has 4 N–H and O–H groups in total. The molecular formula is C11H21N3S. The van der Waals surface area contributed by atoms with Crippen LogP contribution in [0.2, 0.25) is 0 Å². The summed E-state index contributed by atoms with van der Waals surface area (Å²) in [5.74, 6) is 5.88. The molecule has 0 aliphatic heterocycles. The van der Waals surface area contributed by atoms with Gasteiger partial charge in [0.25, 0.3) is 0 Å². The van der Waals surface area contributed by atoms with Gasteiger partial charge in [-0.2, -0.15) is 0 Å². The van der Waals surface area contributed by atoms with Gasteiger partial charge in [-0.1, -0.05) is 11.6 Å². The van der Waals surface area contributed by atoms with Crippen LogP contribution in [0, 0.1) is 5.92 Å². The van der Waals surface area contributed by atoms with Crippen LogP contribution in [-0.2, 0) is 0 Å². The van der Waals surface area contributed by atoms with E-state index in [-0.39, 0.29) is 5.54 Å². The van der Waals surface area contributed by atoms with Crippen LogP contribution >= 0.6 is 12.2 Å². The minimum Gasteiger partial charge on any atom is -0.357 e. The Labute approximate surface area is 97.5 Å². The summed E-state index contributed by atoms with van der Waals surface area (Å²) in [6, 6.07) is 0. The first-order chi connectivity index (χ1) is 6.95. The first-order valence-corrected chi connectivity index (χ1v) is 5.81. The maximum absolute atomic E-state index is 5.27. The van der Waals surface area contributed by atoms with E-state index in [1.807, 2.05) is 0 Å². The normalized spacial score (nSPS) is 21.9. The third kappa shape index (κ3) is 3.47. The highest BCUT2D eigenvalue weighted by atomic mass is 32.1. The van der Waals surface area contributed by atoms with Crippen molar-refractivity contribution in [2.75, 3.05) is 0 Å². The molecule has 0 amide bonds. The smallest absolute Gasteiger partial charge is 0.181 e. The summed E-state index contributed by atoms with van der Waals surface area (Å²) >= 11 is 5.03. The fraction of sp³-hybridized carbons (Fsp3) is 0.727. The molecule has 0 unspecified atom stereocenters. The van der Waals surface area contributed by atoms with Crippen LogP contribution in [0.3, 0.4) is 0 Å². The Balaban J connectivity index is 2.58. The van der Waals surface area contributed by atoms with E-state index in [9.17, 15) is 0 Å². The van der Waals surface area contributed by atoms with Crippen molar-refractivity contribution in [1.82, 2.24) is 10.7 Å². The summed E-state index contributed by atoms with van der Waals surface area (Å²) in [5, 5.41) is 3.78. The van der Waals surface area contributed by atoms with E-state index in [0.29, 0.717) is 11.0 Å². The van der Waals surface area contributed by atoms with E-state index in [1.54, 1.807) is 0 Å². The van der Waals surface area contributed by atoms with Crippen molar-refractivity contribution in [3.63, 3.8) is 0 Å². The lowest BCUT2D eigenvalue weighted by molar-refractivity contribution is 0.265. The molecular weight excluding hydrogens is 206 g/mol. The number of hydrogen-bond donors (Lipinski definition) is 3. The Morgan fingerprint density at radius 1 is 1.60 bits per heavy atom. The highest BCUT2D eigenvalue weighted by Gasteiger charge is 2.30. The maximum atomic E-state index is 5.27. The monoisotopic (exact) mass is 227 g/mol. The first kappa shape index (κ1) is 12.5. The standard InChI is InChI=1S/C11H21N3S/c1-8-4-6-9(7-5-8)11(2,3)13-10(15)14-12/h4,9H,5-7,12H2,1-3H3,(H2,13,14,15)/t9-/m1/s1. The zero-order chi connectivity index (χ0) is 11.5. The molecule has 0 heterocycles. The van der Waals surface area contributed by atoms with Crippen molar-refractivity contribution in [1.29, 1.82) is 0 Å². The predicted octanol–water partition coefficient (Wildman–Crippen LogP) is 1.85. The average molecular weight is 227 g/mol. The summed E-state index contributed by atoms with van der Waals surface area (Å²) in [7, 11) is 0. The van der Waals surface area contributed by atoms with Crippen molar-refractivity contribution in [2.24, 2.45) is 11.8 Å². The predicted molar refractivity (Wildman–Crippen MR) is 68.2 cm³/mol. The van der Waals surface area contributed by atoms with Gasteiger partial charge in [-0.05, 0) is 58.2 Å². The minimum absolute atomic E-state index is 0.000648. The number of nitrogens with one attached hydrogen (secondary N) is 2. The highest BCUT2D eigenvalue weighted by Crippen LogP contribution is 2.31. The van der Waals surface area contributed by atoms with Gasteiger partial charge in [-0.15, -0.1) is 0 Å². The van der Waals surface area contributed by atoms with Gasteiger partial charge in [0.15, 0.2) is 5.11 Å². The Kier molecular flexibility index (Phi) is 4.11. The molecule has 0 aromatic rings. The lowest BCUT2D eigenvalue weighted by atomic mass is 9.77. The molecule has 0 aromatic heterocycles. The summed E-state index contributed by atoms with van der Waals surface area (Å²) in [5.41, 5.74) is 3.98. The number of allylic oxidation sites excluding steroid dienone is 2. The Bertz CT molecular complexity index is 271. The van der Waals surface area contributed by atoms with Crippen molar-refractivity contribution >= 4 is 17.3 Å². The third-order valence-electron chi connectivity index (χ3n) is 3.23. The Morgan fingerprint density at radius 3 is 2.73 bits per heavy atom. The van der Waals surface area contributed by atoms with Crippen LogP contribution in [0.1, 0.15) is 40.0 Å². The van der Waals surface area contributed by atoms with E-state index in [1.165, 1.54) is 18.4 Å². The summed E-state index contributed by atoms with van der Waals surface area (Å²) < 4.78 is 0. The molecule has 1 aliphatic carbocycles. The van der Waals surface area contributed by atoms with Gasteiger partial charge in [0.05, 0.1) is 0 Å². The molecule has 0 fully saturated rings. The summed E-state index contributed by atoms with van der Waals surface area (Å²) in [6.07, 6.45) is 5.86. The quantitative estimate of drug-likeness (QED) is 0.292. The molecule has 0 bridgehead atoms. The average Bonchev–Trinajstić information content (AvgIpc) is 2.17. The van der Waals surface area contributed by atoms with Gasteiger partial charge in [-0.25, -0.2) is 5.84 Å². The van der Waals surface area contributed by atoms with Crippen molar-refractivity contribution in [3.8, 4) is 0 Å². The van der Waals surface area contributed by atoms with Crippen molar-refractivity contribution in [2.45, 2.75) is 45.6 Å². The zero-order valence-electron chi connectivity index (χ0n) is 9.76. The van der Waals surface area contributed by atoms with Crippen LogP contribution in [0.5, 0.6) is 0 Å². The van der Waals surface area contributed by atoms with E-state index >= 15 is 0 Å². The second-order valence-corrected chi connectivity index (χ2v) is 5.25. The molecule has 15 heavy (non-hydrogen) atoms. The molecule has 0 spiro atoms. The summed E-state index contributed by atoms with van der Waals surface area (Å²) in [6.45, 7) is 6.55. The number of thiocarbonyl (C=S) groups is 1. The minimum atomic E-state index is 0.000648. The Morgan fingerprint density at radius 2 is 2.27 bits per heavy atom. The van der Waals surface area contributed by atoms with Crippen LogP contribution < -0.4 is 16.6 Å². The number of nitrogens with two attached hydrogens (primary N) is 1.